The molecule has 0 spiro atoms. The predicted molar refractivity (Wildman–Crippen MR) is 469 cm³/mol. The van der Waals surface area contributed by atoms with Crippen LogP contribution >= 0.6 is 95.6 Å². The molecule has 0 saturated heterocycles. The van der Waals surface area contributed by atoms with Gasteiger partial charge in [-0.2, -0.15) is 8.42 Å². The van der Waals surface area contributed by atoms with Crippen LogP contribution in [0.3, 0.4) is 0 Å². The van der Waals surface area contributed by atoms with Gasteiger partial charge in [0.1, 0.15) is 76.8 Å². The molecule has 0 radical (unpaired) electrons. The van der Waals surface area contributed by atoms with Gasteiger partial charge in [-0.3, -0.25) is 13.8 Å². The minimum absolute atomic E-state index is 0. The second-order valence-electron chi connectivity index (χ2n) is 24.5. The third-order valence-corrected chi connectivity index (χ3v) is 19.9. The number of aryl methyl sites for hydroxylation is 1. The van der Waals surface area contributed by atoms with Crippen LogP contribution < -0.4 is 23.7 Å². The van der Waals surface area contributed by atoms with Gasteiger partial charge in [-0.1, -0.05) is 155 Å². The maximum absolute atomic E-state index is 11.7. The van der Waals surface area contributed by atoms with Crippen molar-refractivity contribution >= 4 is 166 Å². The Kier molecular flexibility index (Phi) is 47.6. The second kappa shape index (κ2) is 54.9. The number of halogens is 6. The first kappa shape index (κ1) is 106. The number of carbonyl (C=O) groups excluding carboxylic acids is 7. The molecule has 0 bridgehead atoms. The average Bonchev–Trinajstić information content (AvgIpc) is 1.62. The number of carboxylic acids is 1. The largest absolute Gasteiger partial charge is 0.507 e. The van der Waals surface area contributed by atoms with E-state index in [-0.39, 0.29) is 24.2 Å². The zero-order chi connectivity index (χ0) is 90.1. The van der Waals surface area contributed by atoms with E-state index in [9.17, 15) is 46.8 Å². The molecule has 0 amide bonds. The fourth-order valence-corrected chi connectivity index (χ4v) is 12.6. The fraction of sp³-hybridized carbons (Fsp3) is 0.301. The Hall–Kier alpha value is -10.4. The van der Waals surface area contributed by atoms with E-state index in [1.54, 1.807) is 131 Å². The molecule has 1 aliphatic rings. The van der Waals surface area contributed by atoms with Gasteiger partial charge in [-0.15, -0.1) is 0 Å². The molecular weight excluding hydrogens is 2010 g/mol. The number of ether oxygens (including phenoxy) is 11. The van der Waals surface area contributed by atoms with Crippen molar-refractivity contribution < 1.29 is 132 Å². The molecule has 1 aliphatic heterocycles. The Bertz CT molecular complexity index is 5040. The summed E-state index contributed by atoms with van der Waals surface area (Å²) in [7, 11) is 2.46. The Morgan fingerprint density at radius 1 is 0.500 bits per heavy atom. The highest BCUT2D eigenvalue weighted by Gasteiger charge is 2.31. The van der Waals surface area contributed by atoms with Gasteiger partial charge in [0.25, 0.3) is 10.1 Å². The van der Waals surface area contributed by atoms with Crippen molar-refractivity contribution in [1.82, 2.24) is 10.3 Å². The zero-order valence-corrected chi connectivity index (χ0v) is 77.5. The molecule has 39 heteroatoms. The topological polar surface area (TPSA) is 428 Å². The van der Waals surface area contributed by atoms with E-state index in [1.165, 1.54) is 86.3 Å². The number of hydrogen-bond donors (Lipinski definition) is 3. The molecule has 658 valence electrons. The number of aromatic hydroxyl groups is 1. The summed E-state index contributed by atoms with van der Waals surface area (Å²) in [6, 6.07) is 40.5. The van der Waals surface area contributed by atoms with Crippen molar-refractivity contribution in [2.24, 2.45) is 10.3 Å². The number of aliphatic carboxylic acids is 1. The van der Waals surface area contributed by atoms with Crippen molar-refractivity contribution in [2.75, 3.05) is 48.8 Å². The highest BCUT2D eigenvalue weighted by molar-refractivity contribution is 9.11. The summed E-state index contributed by atoms with van der Waals surface area (Å²) in [5, 5.41) is 41.1. The van der Waals surface area contributed by atoms with Crippen LogP contribution in [0.4, 0.5) is 0 Å². The van der Waals surface area contributed by atoms with Gasteiger partial charge in [-0.05, 0) is 176 Å². The van der Waals surface area contributed by atoms with Gasteiger partial charge < -0.3 is 81.4 Å². The van der Waals surface area contributed by atoms with Crippen LogP contribution in [0, 0.1) is 6.92 Å². The molecule has 122 heavy (non-hydrogen) atoms. The van der Waals surface area contributed by atoms with Crippen LogP contribution in [0.1, 0.15) is 106 Å². The number of unbranched alkanes of at least 4 members (excludes halogenated alkanes) is 1. The number of carboxylic acid groups (broad SMARTS) is 1. The molecular formula is C83H90Br6N4O28S. The van der Waals surface area contributed by atoms with Crippen LogP contribution in [0.5, 0.6) is 34.5 Å². The molecule has 7 aromatic carbocycles. The first-order chi connectivity index (χ1) is 57.5. The van der Waals surface area contributed by atoms with Gasteiger partial charge >= 0.3 is 35.8 Å². The summed E-state index contributed by atoms with van der Waals surface area (Å²) in [4.78, 5) is 93.4. The number of phenolic OH excluding ortho intramolecular Hbond substituents is 1. The molecule has 9 aromatic rings. The van der Waals surface area contributed by atoms with Gasteiger partial charge in [0.05, 0.1) is 57.8 Å². The van der Waals surface area contributed by atoms with Gasteiger partial charge in [-0.25, -0.2) is 28.8 Å². The maximum Gasteiger partial charge on any atom is 0.346 e. The number of carbonyl (C=O) groups is 8. The van der Waals surface area contributed by atoms with Crippen LogP contribution in [-0.4, -0.2) is 186 Å². The van der Waals surface area contributed by atoms with Crippen LogP contribution in [0.2, 0.25) is 0 Å². The van der Waals surface area contributed by atoms with E-state index in [0.717, 1.165) is 56.4 Å². The van der Waals surface area contributed by atoms with Crippen LogP contribution in [0.15, 0.2) is 209 Å². The number of rotatable bonds is 29. The molecule has 3 N–H and O–H groups in total. The molecule has 7 atom stereocenters. The smallest absolute Gasteiger partial charge is 0.346 e. The van der Waals surface area contributed by atoms with Gasteiger partial charge in [0, 0.05) is 67.8 Å². The van der Waals surface area contributed by atoms with E-state index in [1.807, 2.05) is 31.2 Å². The summed E-state index contributed by atoms with van der Waals surface area (Å²) >= 11 is 19.9. The molecule has 0 saturated carbocycles. The van der Waals surface area contributed by atoms with Crippen LogP contribution in [-0.2, 0) is 76.3 Å². The lowest BCUT2D eigenvalue weighted by molar-refractivity contribution is -0.148. The number of oxime groups is 2. The van der Waals surface area contributed by atoms with Crippen LogP contribution in [0.25, 0.3) is 22.5 Å². The maximum atomic E-state index is 11.7. The Labute approximate surface area is 755 Å². The van der Waals surface area contributed by atoms with Gasteiger partial charge in [0.15, 0.2) is 49.2 Å². The Morgan fingerprint density at radius 2 is 0.861 bits per heavy atom. The standard InChI is InChI=1S/C17H22BrNO5.C13H12BrNO4.C12H10BrNO4.C11H12BrNO4.C11H11BrO4.C11H14O5S.C7H5BrO2.CH4/c1-4-5-8-22-15-10-23-19-16(15)13-9-12(18)6-7-14(13)24-11(2)17(20)21-3;1-8(13(16)17-2)19-12-4-3-9(14)7-10(12)11-5-6-18-15-11;1-7(12(15)16)18-11-3-2-8(13)6-9(11)10-4-5-17-14-10;1-7(11(14)16-2)17-10-4-3-9(12)5-8(10)6-13-15;1-7(11(14)15-2)16-10-4-3-9(12)5-8(10)6-13;1-8-4-6-10(7-5-8)17(13,14)16-9(2)11(12)15-3;8-6-1-2-7(10)5(3-6)4-9;/h6-7,9,11,15H,4-5,8,10H2,1-3H3;3-8H,1-2H3;2-7H,1H3,(H,15,16);3-7,15H,1-2H3;3-7H,1-2H3;4-7,9H,1-3H3;1-4,10H;1H4/b;;;13-6+;;;;/t11-,15?;8-;3*7-;9-;;/m000001../s1. The first-order valence-corrected chi connectivity index (χ1v) is 41.8. The summed E-state index contributed by atoms with van der Waals surface area (Å²) < 4.78 is 98.9. The summed E-state index contributed by atoms with van der Waals surface area (Å²) in [6.45, 7) is 14.2. The number of methoxy groups -OCH3 is 5. The lowest BCUT2D eigenvalue weighted by Gasteiger charge is -2.18. The number of nitrogens with zero attached hydrogens (tertiary/aromatic N) is 4. The summed E-state index contributed by atoms with van der Waals surface area (Å²) in [5.74, 6) is -1.28. The van der Waals surface area contributed by atoms with E-state index in [2.05, 4.69) is 142 Å². The number of hydrogen-bond acceptors (Lipinski definition) is 31. The molecule has 3 heterocycles. The number of aromatic nitrogens is 2. The fourth-order valence-electron chi connectivity index (χ4n) is 9.29. The van der Waals surface area contributed by atoms with Crippen molar-refractivity contribution in [3.8, 4) is 57.0 Å². The summed E-state index contributed by atoms with van der Waals surface area (Å²) in [5.41, 5.74) is 6.20. The molecule has 0 fully saturated rings. The lowest BCUT2D eigenvalue weighted by Crippen LogP contribution is -2.28. The number of aldehydes is 2. The first-order valence-electron chi connectivity index (χ1n) is 35.6. The van der Waals surface area contributed by atoms with Crippen molar-refractivity contribution in [2.45, 2.75) is 123 Å². The quantitative estimate of drug-likeness (QED) is 0.00573. The predicted octanol–water partition coefficient (Wildman–Crippen LogP) is 17.6. The number of benzene rings is 7. The third-order valence-electron chi connectivity index (χ3n) is 15.5. The molecule has 32 nitrogen and oxygen atoms in total. The summed E-state index contributed by atoms with van der Waals surface area (Å²) in [6.07, 6.45) is 2.22. The number of phenols is 1. The average molecular weight is 2100 g/mol. The Morgan fingerprint density at radius 3 is 1.25 bits per heavy atom. The van der Waals surface area contributed by atoms with E-state index < -0.39 is 82.6 Å². The number of esters is 5. The monoisotopic (exact) mass is 2100 g/mol. The second-order valence-corrected chi connectivity index (χ2v) is 31.6. The van der Waals surface area contributed by atoms with Crippen molar-refractivity contribution in [3.05, 3.63) is 213 Å². The highest BCUT2D eigenvalue weighted by atomic mass is 79.9. The molecule has 1 unspecified atom stereocenters. The SMILES string of the molecule is C.CCCCOC1CON=C1c1cc(Br)ccc1O[C@@H](C)C(=O)OC.COC(=O)[C@@H](C)OS(=O)(=O)c1ccc(C)cc1.COC(=O)[C@H](C)Oc1ccc(Br)cc1-c1ccon1.COC(=O)[C@H](C)Oc1ccc(Br)cc1/C=N/O.COC(=O)[C@H](C)Oc1ccc(Br)cc1C=O.C[C@H](Oc1ccc(Br)cc1-c1ccon1)C(=O)O.O=Cc1cc(Br)ccc1O. The highest BCUT2D eigenvalue weighted by Crippen LogP contribution is 2.36. The lowest BCUT2D eigenvalue weighted by atomic mass is 10.0. The molecule has 10 rings (SSSR count). The normalized spacial score (nSPS) is 13.0. The molecule has 2 aromatic heterocycles. The van der Waals surface area contributed by atoms with Crippen molar-refractivity contribution in [3.63, 3.8) is 0 Å². The zero-order valence-electron chi connectivity index (χ0n) is 67.1. The minimum atomic E-state index is -3.93. The van der Waals surface area contributed by atoms with E-state index in [0.29, 0.717) is 93.9 Å². The Balaban J connectivity index is 0.000000371. The van der Waals surface area contributed by atoms with E-state index in [4.69, 9.17) is 66.6 Å². The minimum Gasteiger partial charge on any atom is -0.507 e. The third kappa shape index (κ3) is 35.6. The van der Waals surface area contributed by atoms with E-state index >= 15 is 0 Å². The van der Waals surface area contributed by atoms with Crippen molar-refractivity contribution in [1.29, 1.82) is 0 Å². The molecule has 0 aliphatic carbocycles. The van der Waals surface area contributed by atoms with Gasteiger partial charge in [0.2, 0.25) is 0 Å².